The molecule has 1 amide bonds. The summed E-state index contributed by atoms with van der Waals surface area (Å²) < 4.78 is 14.2. The zero-order chi connectivity index (χ0) is 18.5. The predicted octanol–water partition coefficient (Wildman–Crippen LogP) is 4.77. The van der Waals surface area contributed by atoms with Crippen molar-refractivity contribution in [1.29, 1.82) is 0 Å². The van der Waals surface area contributed by atoms with Gasteiger partial charge in [0.1, 0.15) is 5.82 Å². The third-order valence-electron chi connectivity index (χ3n) is 3.58. The van der Waals surface area contributed by atoms with E-state index in [1.165, 1.54) is 29.2 Å². The summed E-state index contributed by atoms with van der Waals surface area (Å²) in [7, 11) is 0. The molecule has 134 valence electrons. The first-order valence-corrected chi connectivity index (χ1v) is 9.66. The van der Waals surface area contributed by atoms with Gasteiger partial charge in [-0.2, -0.15) is 0 Å². The zero-order valence-electron chi connectivity index (χ0n) is 14.2. The Kier molecular flexibility index (Phi) is 5.85. The van der Waals surface area contributed by atoms with E-state index in [0.717, 1.165) is 11.3 Å². The lowest BCUT2D eigenvalue weighted by molar-refractivity contribution is -0.113. The Labute approximate surface area is 159 Å². The molecule has 2 aromatic carbocycles. The molecule has 5 nitrogen and oxygen atoms in total. The van der Waals surface area contributed by atoms with Gasteiger partial charge >= 0.3 is 0 Å². The molecule has 0 radical (unpaired) electrons. The van der Waals surface area contributed by atoms with Crippen molar-refractivity contribution in [2.45, 2.75) is 18.2 Å². The second kappa shape index (κ2) is 8.29. The number of hydrogen-bond acceptors (Lipinski definition) is 6. The van der Waals surface area contributed by atoms with Crippen LogP contribution < -0.4 is 10.6 Å². The summed E-state index contributed by atoms with van der Waals surface area (Å²) in [5.41, 5.74) is 3.07. The second-order valence-corrected chi connectivity index (χ2v) is 7.81. The van der Waals surface area contributed by atoms with Crippen molar-refractivity contribution in [3.63, 3.8) is 0 Å². The van der Waals surface area contributed by atoms with Crippen molar-refractivity contribution in [1.82, 2.24) is 10.2 Å². The third-order valence-corrected chi connectivity index (χ3v) is 5.55. The van der Waals surface area contributed by atoms with E-state index in [-0.39, 0.29) is 17.5 Å². The number of hydrogen-bond donors (Lipinski definition) is 2. The Bertz CT molecular complexity index is 929. The molecule has 8 heteroatoms. The standard InChI is InChI=1S/C18H17FN4OS2/c1-11-7-8-13(9-14(11)19)20-16(24)10-25-18-23-22-17(26-18)21-15-6-4-3-5-12(15)2/h3-9H,10H2,1-2H3,(H,20,24)(H,21,22). The van der Waals surface area contributed by atoms with E-state index >= 15 is 0 Å². The highest BCUT2D eigenvalue weighted by atomic mass is 32.2. The lowest BCUT2D eigenvalue weighted by Gasteiger charge is -2.05. The minimum absolute atomic E-state index is 0.175. The zero-order valence-corrected chi connectivity index (χ0v) is 15.9. The van der Waals surface area contributed by atoms with E-state index in [0.29, 0.717) is 20.7 Å². The number of para-hydroxylation sites is 1. The first kappa shape index (κ1) is 18.3. The topological polar surface area (TPSA) is 66.9 Å². The van der Waals surface area contributed by atoms with Gasteiger partial charge in [-0.15, -0.1) is 10.2 Å². The molecule has 0 unspecified atom stereocenters. The van der Waals surface area contributed by atoms with E-state index in [9.17, 15) is 9.18 Å². The van der Waals surface area contributed by atoms with Crippen molar-refractivity contribution in [2.75, 3.05) is 16.4 Å². The summed E-state index contributed by atoms with van der Waals surface area (Å²) in [5.74, 6) is -0.387. The summed E-state index contributed by atoms with van der Waals surface area (Å²) in [6.45, 7) is 3.69. The van der Waals surface area contributed by atoms with Crippen LogP contribution in [0.5, 0.6) is 0 Å². The first-order valence-electron chi connectivity index (χ1n) is 7.86. The normalized spacial score (nSPS) is 10.6. The molecule has 3 aromatic rings. The molecule has 26 heavy (non-hydrogen) atoms. The van der Waals surface area contributed by atoms with Gasteiger partial charge in [0.25, 0.3) is 0 Å². The average Bonchev–Trinajstić information content (AvgIpc) is 3.06. The molecule has 0 fully saturated rings. The van der Waals surface area contributed by atoms with Crippen LogP contribution in [0.4, 0.5) is 20.9 Å². The van der Waals surface area contributed by atoms with Crippen LogP contribution in [-0.4, -0.2) is 21.9 Å². The largest absolute Gasteiger partial charge is 0.330 e. The Balaban J connectivity index is 1.53. The molecule has 0 atom stereocenters. The number of amides is 1. The third kappa shape index (κ3) is 4.80. The van der Waals surface area contributed by atoms with Crippen molar-refractivity contribution in [3.05, 3.63) is 59.4 Å². The van der Waals surface area contributed by atoms with Crippen molar-refractivity contribution >= 4 is 45.5 Å². The maximum absolute atomic E-state index is 13.5. The van der Waals surface area contributed by atoms with Gasteiger partial charge < -0.3 is 10.6 Å². The monoisotopic (exact) mass is 388 g/mol. The number of carbonyl (C=O) groups is 1. The van der Waals surface area contributed by atoms with Crippen molar-refractivity contribution in [3.8, 4) is 0 Å². The molecule has 1 heterocycles. The van der Waals surface area contributed by atoms with Crippen LogP contribution in [-0.2, 0) is 4.79 Å². The molecule has 2 N–H and O–H groups in total. The van der Waals surface area contributed by atoms with Gasteiger partial charge in [-0.25, -0.2) is 4.39 Å². The minimum atomic E-state index is -0.341. The van der Waals surface area contributed by atoms with Gasteiger partial charge in [0, 0.05) is 11.4 Å². The molecule has 0 spiro atoms. The molecule has 3 rings (SSSR count). The molecule has 1 aromatic heterocycles. The Morgan fingerprint density at radius 3 is 2.73 bits per heavy atom. The molecule has 0 aliphatic rings. The number of halogens is 1. The molecule has 0 aliphatic carbocycles. The van der Waals surface area contributed by atoms with Gasteiger partial charge in [-0.05, 0) is 43.2 Å². The summed E-state index contributed by atoms with van der Waals surface area (Å²) in [5, 5.41) is 14.7. The van der Waals surface area contributed by atoms with Crippen LogP contribution in [0, 0.1) is 19.7 Å². The van der Waals surface area contributed by atoms with Gasteiger partial charge in [-0.1, -0.05) is 47.4 Å². The van der Waals surface area contributed by atoms with E-state index in [1.54, 1.807) is 19.1 Å². The first-order chi connectivity index (χ1) is 12.5. The van der Waals surface area contributed by atoms with Crippen LogP contribution >= 0.6 is 23.1 Å². The fourth-order valence-corrected chi connectivity index (χ4v) is 3.71. The molecule has 0 aliphatic heterocycles. The van der Waals surface area contributed by atoms with Gasteiger partial charge in [0.2, 0.25) is 11.0 Å². The number of aryl methyl sites for hydroxylation is 2. The number of carbonyl (C=O) groups excluding carboxylic acids is 1. The SMILES string of the molecule is Cc1ccc(NC(=O)CSc2nnc(Nc3ccccc3C)s2)cc1F. The number of nitrogens with one attached hydrogen (secondary N) is 2. The molecule has 0 saturated carbocycles. The number of anilines is 3. The lowest BCUT2D eigenvalue weighted by Crippen LogP contribution is -2.14. The Hall–Kier alpha value is -2.45. The second-order valence-electron chi connectivity index (χ2n) is 5.61. The van der Waals surface area contributed by atoms with Gasteiger partial charge in [0.05, 0.1) is 5.75 Å². The van der Waals surface area contributed by atoms with Crippen LogP contribution in [0.15, 0.2) is 46.8 Å². The number of nitrogens with zero attached hydrogens (tertiary/aromatic N) is 2. The number of aromatic nitrogens is 2. The molecular weight excluding hydrogens is 371 g/mol. The van der Waals surface area contributed by atoms with E-state index in [1.807, 2.05) is 31.2 Å². The highest BCUT2D eigenvalue weighted by Crippen LogP contribution is 2.28. The van der Waals surface area contributed by atoms with Gasteiger partial charge in [0.15, 0.2) is 4.34 Å². The van der Waals surface area contributed by atoms with Crippen LogP contribution in [0.3, 0.4) is 0 Å². The maximum Gasteiger partial charge on any atom is 0.234 e. The summed E-state index contributed by atoms with van der Waals surface area (Å²) in [6.07, 6.45) is 0. The van der Waals surface area contributed by atoms with E-state index in [2.05, 4.69) is 20.8 Å². The summed E-state index contributed by atoms with van der Waals surface area (Å²) in [4.78, 5) is 12.0. The summed E-state index contributed by atoms with van der Waals surface area (Å²) in [6, 6.07) is 12.5. The smallest absolute Gasteiger partial charge is 0.234 e. The number of benzene rings is 2. The quantitative estimate of drug-likeness (QED) is 0.596. The molecular formula is C18H17FN4OS2. The van der Waals surface area contributed by atoms with Crippen LogP contribution in [0.25, 0.3) is 0 Å². The number of rotatable bonds is 6. The molecule has 0 bridgehead atoms. The van der Waals surface area contributed by atoms with Crippen LogP contribution in [0.2, 0.25) is 0 Å². The van der Waals surface area contributed by atoms with Crippen molar-refractivity contribution in [2.24, 2.45) is 0 Å². The van der Waals surface area contributed by atoms with Crippen LogP contribution in [0.1, 0.15) is 11.1 Å². The number of thioether (sulfide) groups is 1. The summed E-state index contributed by atoms with van der Waals surface area (Å²) >= 11 is 2.67. The lowest BCUT2D eigenvalue weighted by atomic mass is 10.2. The van der Waals surface area contributed by atoms with E-state index < -0.39 is 0 Å². The molecule has 0 saturated heterocycles. The minimum Gasteiger partial charge on any atom is -0.330 e. The fourth-order valence-electron chi connectivity index (χ4n) is 2.14. The maximum atomic E-state index is 13.5. The fraction of sp³-hybridized carbons (Fsp3) is 0.167. The van der Waals surface area contributed by atoms with Gasteiger partial charge in [-0.3, -0.25) is 4.79 Å². The highest BCUT2D eigenvalue weighted by molar-refractivity contribution is 8.01. The van der Waals surface area contributed by atoms with Crippen molar-refractivity contribution < 1.29 is 9.18 Å². The predicted molar refractivity (Wildman–Crippen MR) is 105 cm³/mol. The average molecular weight is 388 g/mol. The van der Waals surface area contributed by atoms with E-state index in [4.69, 9.17) is 0 Å². The Morgan fingerprint density at radius 2 is 1.96 bits per heavy atom. The Morgan fingerprint density at radius 1 is 1.15 bits per heavy atom. The highest BCUT2D eigenvalue weighted by Gasteiger charge is 2.10.